The quantitative estimate of drug-likeness (QED) is 0.514. The van der Waals surface area contributed by atoms with Crippen LogP contribution in [-0.4, -0.2) is 21.7 Å². The highest BCUT2D eigenvalue weighted by atomic mass is 32.1. The molecule has 27 heavy (non-hydrogen) atoms. The van der Waals surface area contributed by atoms with Crippen molar-refractivity contribution in [2.45, 2.75) is 6.92 Å². The van der Waals surface area contributed by atoms with Gasteiger partial charge in [0.1, 0.15) is 4.88 Å². The molecule has 3 rings (SSSR count). The van der Waals surface area contributed by atoms with E-state index in [1.165, 1.54) is 30.5 Å². The number of nitro groups is 1. The van der Waals surface area contributed by atoms with E-state index in [9.17, 15) is 19.7 Å². The molecule has 0 spiro atoms. The van der Waals surface area contributed by atoms with E-state index in [2.05, 4.69) is 15.6 Å². The van der Waals surface area contributed by atoms with Gasteiger partial charge in [-0.05, 0) is 25.1 Å². The molecule has 0 radical (unpaired) electrons. The van der Waals surface area contributed by atoms with Gasteiger partial charge in [-0.15, -0.1) is 0 Å². The van der Waals surface area contributed by atoms with Gasteiger partial charge < -0.3 is 5.32 Å². The van der Waals surface area contributed by atoms with Crippen LogP contribution in [0.4, 0.5) is 16.5 Å². The first kappa shape index (κ1) is 18.2. The summed E-state index contributed by atoms with van der Waals surface area (Å²) in [5.41, 5.74) is 1.68. The van der Waals surface area contributed by atoms with E-state index in [4.69, 9.17) is 0 Å². The first-order chi connectivity index (χ1) is 12.9. The van der Waals surface area contributed by atoms with Crippen molar-refractivity contribution in [1.29, 1.82) is 0 Å². The van der Waals surface area contributed by atoms with Crippen LogP contribution in [0.3, 0.4) is 0 Å². The minimum Gasteiger partial charge on any atom is -0.321 e. The highest BCUT2D eigenvalue weighted by Gasteiger charge is 2.15. The number of aromatic nitrogens is 1. The van der Waals surface area contributed by atoms with Gasteiger partial charge in [-0.2, -0.15) is 0 Å². The Morgan fingerprint density at radius 2 is 1.81 bits per heavy atom. The summed E-state index contributed by atoms with van der Waals surface area (Å²) in [7, 11) is 0. The summed E-state index contributed by atoms with van der Waals surface area (Å²) in [4.78, 5) is 39.0. The molecule has 0 saturated carbocycles. The predicted molar refractivity (Wildman–Crippen MR) is 102 cm³/mol. The standard InChI is InChI=1S/C18H14N4O4S/c1-11-5-7-13(8-6-11)20-17(24)15-10-19-18(27-15)21-16(23)12-3-2-4-14(9-12)22(25)26/h2-10H,1H3,(H,20,24)(H,19,21,23). The Bertz CT molecular complexity index is 1010. The lowest BCUT2D eigenvalue weighted by atomic mass is 10.2. The van der Waals surface area contributed by atoms with Crippen molar-refractivity contribution >= 4 is 39.7 Å². The number of nitrogens with zero attached hydrogens (tertiary/aromatic N) is 2. The SMILES string of the molecule is Cc1ccc(NC(=O)c2cnc(NC(=O)c3cccc([N+](=O)[O-])c3)s2)cc1. The van der Waals surface area contributed by atoms with E-state index in [1.54, 1.807) is 12.1 Å². The third-order valence-electron chi connectivity index (χ3n) is 3.58. The number of benzene rings is 2. The van der Waals surface area contributed by atoms with Crippen molar-refractivity contribution in [2.24, 2.45) is 0 Å². The Hall–Kier alpha value is -3.59. The van der Waals surface area contributed by atoms with E-state index >= 15 is 0 Å². The Morgan fingerprint density at radius 1 is 1.07 bits per heavy atom. The fourth-order valence-electron chi connectivity index (χ4n) is 2.20. The number of non-ortho nitro benzene ring substituents is 1. The molecular weight excluding hydrogens is 368 g/mol. The molecule has 2 N–H and O–H groups in total. The molecule has 2 amide bonds. The average molecular weight is 382 g/mol. The van der Waals surface area contributed by atoms with Gasteiger partial charge in [-0.1, -0.05) is 35.1 Å². The molecule has 2 aromatic carbocycles. The fourth-order valence-corrected chi connectivity index (χ4v) is 2.90. The summed E-state index contributed by atoms with van der Waals surface area (Å²) in [6.45, 7) is 1.95. The van der Waals surface area contributed by atoms with Crippen LogP contribution in [0.15, 0.2) is 54.7 Å². The highest BCUT2D eigenvalue weighted by Crippen LogP contribution is 2.21. The monoisotopic (exact) mass is 382 g/mol. The molecule has 0 bridgehead atoms. The van der Waals surface area contributed by atoms with Gasteiger partial charge in [-0.3, -0.25) is 25.0 Å². The molecule has 0 aliphatic rings. The van der Waals surface area contributed by atoms with Gasteiger partial charge in [-0.25, -0.2) is 4.98 Å². The van der Waals surface area contributed by atoms with Gasteiger partial charge in [0.2, 0.25) is 0 Å². The van der Waals surface area contributed by atoms with Crippen LogP contribution in [0, 0.1) is 17.0 Å². The average Bonchev–Trinajstić information content (AvgIpc) is 3.12. The van der Waals surface area contributed by atoms with Crippen LogP contribution >= 0.6 is 11.3 Å². The molecule has 0 aliphatic carbocycles. The van der Waals surface area contributed by atoms with Gasteiger partial charge in [0.05, 0.1) is 11.1 Å². The molecule has 0 fully saturated rings. The zero-order valence-corrected chi connectivity index (χ0v) is 14.9. The van der Waals surface area contributed by atoms with Crippen molar-refractivity contribution in [3.05, 3.63) is 80.8 Å². The number of carbonyl (C=O) groups is 2. The van der Waals surface area contributed by atoms with Crippen molar-refractivity contribution in [1.82, 2.24) is 4.98 Å². The van der Waals surface area contributed by atoms with Crippen LogP contribution in [0.25, 0.3) is 0 Å². The molecule has 136 valence electrons. The summed E-state index contributed by atoms with van der Waals surface area (Å²) < 4.78 is 0. The number of thiazole rings is 1. The second-order valence-corrected chi connectivity index (χ2v) is 6.64. The summed E-state index contributed by atoms with van der Waals surface area (Å²) >= 11 is 1.01. The Kier molecular flexibility index (Phi) is 5.23. The lowest BCUT2D eigenvalue weighted by molar-refractivity contribution is -0.384. The van der Waals surface area contributed by atoms with Crippen molar-refractivity contribution in [3.63, 3.8) is 0 Å². The van der Waals surface area contributed by atoms with Crippen molar-refractivity contribution in [3.8, 4) is 0 Å². The van der Waals surface area contributed by atoms with Crippen LogP contribution < -0.4 is 10.6 Å². The molecule has 0 atom stereocenters. The second-order valence-electron chi connectivity index (χ2n) is 5.61. The largest absolute Gasteiger partial charge is 0.321 e. The minimum atomic E-state index is -0.576. The third kappa shape index (κ3) is 4.53. The molecule has 9 heteroatoms. The van der Waals surface area contributed by atoms with Crippen LogP contribution in [-0.2, 0) is 0 Å². The molecule has 0 aliphatic heterocycles. The van der Waals surface area contributed by atoms with Gasteiger partial charge in [0.25, 0.3) is 17.5 Å². The maximum absolute atomic E-state index is 12.3. The number of nitro benzene ring substituents is 1. The number of hydrogen-bond donors (Lipinski definition) is 2. The van der Waals surface area contributed by atoms with E-state index in [0.29, 0.717) is 10.6 Å². The number of rotatable bonds is 5. The zero-order valence-electron chi connectivity index (χ0n) is 14.1. The van der Waals surface area contributed by atoms with E-state index in [0.717, 1.165) is 16.9 Å². The van der Waals surface area contributed by atoms with Crippen LogP contribution in [0.1, 0.15) is 25.6 Å². The number of amides is 2. The molecule has 1 aromatic heterocycles. The number of nitrogens with one attached hydrogen (secondary N) is 2. The molecule has 1 heterocycles. The number of aryl methyl sites for hydroxylation is 1. The molecular formula is C18H14N4O4S. The van der Waals surface area contributed by atoms with Crippen molar-refractivity contribution < 1.29 is 14.5 Å². The Morgan fingerprint density at radius 3 is 2.52 bits per heavy atom. The first-order valence-corrected chi connectivity index (χ1v) is 8.63. The first-order valence-electron chi connectivity index (χ1n) is 7.82. The summed E-state index contributed by atoms with van der Waals surface area (Å²) in [6, 6.07) is 12.7. The van der Waals surface area contributed by atoms with Gasteiger partial charge >= 0.3 is 0 Å². The Balaban J connectivity index is 1.67. The van der Waals surface area contributed by atoms with Crippen molar-refractivity contribution in [2.75, 3.05) is 10.6 Å². The summed E-state index contributed by atoms with van der Waals surface area (Å²) in [5, 5.41) is 16.3. The Labute approximate surface area is 158 Å². The lowest BCUT2D eigenvalue weighted by Crippen LogP contribution is -2.12. The number of anilines is 2. The molecule has 8 nitrogen and oxygen atoms in total. The third-order valence-corrected chi connectivity index (χ3v) is 4.49. The predicted octanol–water partition coefficient (Wildman–Crippen LogP) is 3.86. The van der Waals surface area contributed by atoms with E-state index < -0.39 is 10.8 Å². The lowest BCUT2D eigenvalue weighted by Gasteiger charge is -2.03. The van der Waals surface area contributed by atoms with Crippen LogP contribution in [0.5, 0.6) is 0 Å². The normalized spacial score (nSPS) is 10.3. The zero-order chi connectivity index (χ0) is 19.4. The number of carbonyl (C=O) groups excluding carboxylic acids is 2. The molecule has 3 aromatic rings. The number of hydrogen-bond acceptors (Lipinski definition) is 6. The topological polar surface area (TPSA) is 114 Å². The summed E-state index contributed by atoms with van der Waals surface area (Å²) in [5.74, 6) is -0.884. The van der Waals surface area contributed by atoms with E-state index in [1.807, 2.05) is 19.1 Å². The minimum absolute atomic E-state index is 0.130. The molecule has 0 saturated heterocycles. The fraction of sp³-hybridized carbons (Fsp3) is 0.0556. The maximum atomic E-state index is 12.3. The molecule has 0 unspecified atom stereocenters. The maximum Gasteiger partial charge on any atom is 0.270 e. The van der Waals surface area contributed by atoms with Gasteiger partial charge in [0, 0.05) is 23.4 Å². The van der Waals surface area contributed by atoms with Crippen LogP contribution in [0.2, 0.25) is 0 Å². The second kappa shape index (κ2) is 7.75. The smallest absolute Gasteiger partial charge is 0.270 e. The van der Waals surface area contributed by atoms with Gasteiger partial charge in [0.15, 0.2) is 5.13 Å². The highest BCUT2D eigenvalue weighted by molar-refractivity contribution is 7.17. The van der Waals surface area contributed by atoms with E-state index in [-0.39, 0.29) is 22.3 Å². The summed E-state index contributed by atoms with van der Waals surface area (Å²) in [6.07, 6.45) is 1.36.